The minimum atomic E-state index is 0.0517. The quantitative estimate of drug-likeness (QED) is 0.810. The lowest BCUT2D eigenvalue weighted by Gasteiger charge is -2.20. The van der Waals surface area contributed by atoms with E-state index in [4.69, 9.17) is 10.5 Å². The van der Waals surface area contributed by atoms with E-state index in [1.54, 1.807) is 11.3 Å². The van der Waals surface area contributed by atoms with Gasteiger partial charge in [0, 0.05) is 17.5 Å². The maximum absolute atomic E-state index is 5.93. The first-order valence-electron chi connectivity index (χ1n) is 5.52. The van der Waals surface area contributed by atoms with Crippen LogP contribution in [0.15, 0.2) is 17.5 Å². The average molecular weight is 227 g/mol. The summed E-state index contributed by atoms with van der Waals surface area (Å²) in [6.07, 6.45) is 1.15. The summed E-state index contributed by atoms with van der Waals surface area (Å²) in [5, 5.41) is 2.07. The molecular weight excluding hydrogens is 206 g/mol. The second-order valence-corrected chi connectivity index (χ2v) is 5.33. The predicted octanol–water partition coefficient (Wildman–Crippen LogP) is 3.20. The maximum Gasteiger partial charge on any atom is 0.106 e. The van der Waals surface area contributed by atoms with E-state index in [2.05, 4.69) is 25.3 Å². The van der Waals surface area contributed by atoms with Crippen LogP contribution < -0.4 is 5.73 Å². The van der Waals surface area contributed by atoms with Gasteiger partial charge in [-0.25, -0.2) is 0 Å². The van der Waals surface area contributed by atoms with Crippen molar-refractivity contribution in [2.75, 3.05) is 6.61 Å². The van der Waals surface area contributed by atoms with Gasteiger partial charge in [-0.15, -0.1) is 11.3 Å². The molecule has 1 aromatic rings. The van der Waals surface area contributed by atoms with Crippen molar-refractivity contribution in [3.05, 3.63) is 22.4 Å². The highest BCUT2D eigenvalue weighted by Crippen LogP contribution is 2.25. The molecule has 15 heavy (non-hydrogen) atoms. The van der Waals surface area contributed by atoms with E-state index < -0.39 is 0 Å². The molecule has 1 rings (SSSR count). The molecular formula is C12H21NOS. The molecule has 0 saturated carbocycles. The first-order chi connectivity index (χ1) is 7.11. The fourth-order valence-electron chi connectivity index (χ4n) is 1.38. The largest absolute Gasteiger partial charge is 0.371 e. The zero-order valence-electron chi connectivity index (χ0n) is 9.77. The fourth-order valence-corrected chi connectivity index (χ4v) is 2.27. The van der Waals surface area contributed by atoms with E-state index in [1.807, 2.05) is 13.0 Å². The summed E-state index contributed by atoms with van der Waals surface area (Å²) in [6, 6.07) is 4.19. The van der Waals surface area contributed by atoms with Crippen molar-refractivity contribution in [1.82, 2.24) is 0 Å². The second kappa shape index (κ2) is 6.26. The highest BCUT2D eigenvalue weighted by Gasteiger charge is 2.17. The molecule has 0 aliphatic rings. The SMILES string of the molecule is CC(C)CCOC(c1cccs1)C(C)N. The van der Waals surface area contributed by atoms with Crippen LogP contribution in [0.5, 0.6) is 0 Å². The van der Waals surface area contributed by atoms with Crippen LogP contribution >= 0.6 is 11.3 Å². The molecule has 0 aliphatic carbocycles. The minimum absolute atomic E-state index is 0.0517. The van der Waals surface area contributed by atoms with Crippen molar-refractivity contribution in [2.24, 2.45) is 11.7 Å². The van der Waals surface area contributed by atoms with Crippen molar-refractivity contribution < 1.29 is 4.74 Å². The Hall–Kier alpha value is -0.380. The fraction of sp³-hybridized carbons (Fsp3) is 0.667. The molecule has 0 saturated heterocycles. The minimum Gasteiger partial charge on any atom is -0.371 e. The van der Waals surface area contributed by atoms with E-state index in [9.17, 15) is 0 Å². The van der Waals surface area contributed by atoms with Gasteiger partial charge in [0.2, 0.25) is 0 Å². The summed E-state index contributed by atoms with van der Waals surface area (Å²) < 4.78 is 5.84. The molecule has 0 aliphatic heterocycles. The van der Waals surface area contributed by atoms with Gasteiger partial charge in [-0.3, -0.25) is 0 Å². The van der Waals surface area contributed by atoms with Gasteiger partial charge in [-0.1, -0.05) is 19.9 Å². The van der Waals surface area contributed by atoms with Gasteiger partial charge in [-0.05, 0) is 30.7 Å². The van der Waals surface area contributed by atoms with Crippen LogP contribution in [0.3, 0.4) is 0 Å². The summed E-state index contributed by atoms with van der Waals surface area (Å²) in [5.41, 5.74) is 5.93. The average Bonchev–Trinajstić information content (AvgIpc) is 2.63. The predicted molar refractivity (Wildman–Crippen MR) is 66.1 cm³/mol. The highest BCUT2D eigenvalue weighted by atomic mass is 32.1. The van der Waals surface area contributed by atoms with E-state index in [1.165, 1.54) is 4.88 Å². The molecule has 0 aromatic carbocycles. The van der Waals surface area contributed by atoms with Gasteiger partial charge < -0.3 is 10.5 Å². The van der Waals surface area contributed by atoms with Gasteiger partial charge in [0.15, 0.2) is 0 Å². The number of nitrogens with two attached hydrogens (primary N) is 1. The summed E-state index contributed by atoms with van der Waals surface area (Å²) in [5.74, 6) is 0.682. The molecule has 86 valence electrons. The highest BCUT2D eigenvalue weighted by molar-refractivity contribution is 7.10. The van der Waals surface area contributed by atoms with Crippen LogP contribution in [0.4, 0.5) is 0 Å². The summed E-state index contributed by atoms with van der Waals surface area (Å²) in [6.45, 7) is 7.20. The van der Waals surface area contributed by atoms with Gasteiger partial charge >= 0.3 is 0 Å². The first-order valence-corrected chi connectivity index (χ1v) is 6.39. The summed E-state index contributed by atoms with van der Waals surface area (Å²) >= 11 is 1.71. The molecule has 0 amide bonds. The lowest BCUT2D eigenvalue weighted by Crippen LogP contribution is -2.26. The summed E-state index contributed by atoms with van der Waals surface area (Å²) in [4.78, 5) is 1.23. The normalized spacial score (nSPS) is 15.5. The smallest absolute Gasteiger partial charge is 0.106 e. The monoisotopic (exact) mass is 227 g/mol. The Bertz CT molecular complexity index is 257. The van der Waals surface area contributed by atoms with Crippen molar-refractivity contribution >= 4 is 11.3 Å². The summed E-state index contributed by atoms with van der Waals surface area (Å²) in [7, 11) is 0. The Balaban J connectivity index is 2.45. The van der Waals surface area contributed by atoms with Crippen LogP contribution in [0.2, 0.25) is 0 Å². The van der Waals surface area contributed by atoms with Crippen molar-refractivity contribution in [3.8, 4) is 0 Å². The third-order valence-corrected chi connectivity index (χ3v) is 3.23. The van der Waals surface area contributed by atoms with E-state index in [-0.39, 0.29) is 12.1 Å². The second-order valence-electron chi connectivity index (χ2n) is 4.35. The molecule has 1 aromatic heterocycles. The lowest BCUT2D eigenvalue weighted by atomic mass is 10.1. The number of rotatable bonds is 6. The van der Waals surface area contributed by atoms with Crippen molar-refractivity contribution in [2.45, 2.75) is 39.3 Å². The molecule has 2 atom stereocenters. The number of thiophene rings is 1. The van der Waals surface area contributed by atoms with Crippen LogP contribution in [0.1, 0.15) is 38.2 Å². The number of ether oxygens (including phenoxy) is 1. The van der Waals surface area contributed by atoms with Crippen LogP contribution in [-0.2, 0) is 4.74 Å². The molecule has 2 unspecified atom stereocenters. The zero-order chi connectivity index (χ0) is 11.3. The Morgan fingerprint density at radius 2 is 2.13 bits per heavy atom. The topological polar surface area (TPSA) is 35.2 Å². The number of hydrogen-bond acceptors (Lipinski definition) is 3. The van der Waals surface area contributed by atoms with Gasteiger partial charge in [0.25, 0.3) is 0 Å². The molecule has 3 heteroatoms. The Labute approximate surface area is 96.4 Å². The Morgan fingerprint density at radius 1 is 1.40 bits per heavy atom. The van der Waals surface area contributed by atoms with Gasteiger partial charge in [-0.2, -0.15) is 0 Å². The maximum atomic E-state index is 5.93. The molecule has 0 fully saturated rings. The molecule has 0 radical (unpaired) electrons. The standard InChI is InChI=1S/C12H21NOS/c1-9(2)6-7-14-12(10(3)13)11-5-4-8-15-11/h4-5,8-10,12H,6-7,13H2,1-3H3. The molecule has 2 nitrogen and oxygen atoms in total. The lowest BCUT2D eigenvalue weighted by molar-refractivity contribution is 0.0344. The number of hydrogen-bond donors (Lipinski definition) is 1. The van der Waals surface area contributed by atoms with Crippen molar-refractivity contribution in [1.29, 1.82) is 0 Å². The van der Waals surface area contributed by atoms with Gasteiger partial charge in [0.1, 0.15) is 6.10 Å². The first kappa shape index (κ1) is 12.7. The van der Waals surface area contributed by atoms with E-state index in [0.717, 1.165) is 13.0 Å². The molecule has 1 heterocycles. The van der Waals surface area contributed by atoms with Crippen LogP contribution in [0.25, 0.3) is 0 Å². The van der Waals surface area contributed by atoms with Crippen LogP contribution in [-0.4, -0.2) is 12.6 Å². The Morgan fingerprint density at radius 3 is 2.60 bits per heavy atom. The molecule has 0 bridgehead atoms. The molecule has 0 spiro atoms. The Kier molecular flexibility index (Phi) is 5.29. The molecule has 2 N–H and O–H groups in total. The van der Waals surface area contributed by atoms with Crippen LogP contribution in [0, 0.1) is 5.92 Å². The zero-order valence-corrected chi connectivity index (χ0v) is 10.6. The third-order valence-electron chi connectivity index (χ3n) is 2.29. The third kappa shape index (κ3) is 4.33. The van der Waals surface area contributed by atoms with E-state index >= 15 is 0 Å². The van der Waals surface area contributed by atoms with Crippen molar-refractivity contribution in [3.63, 3.8) is 0 Å². The van der Waals surface area contributed by atoms with E-state index in [0.29, 0.717) is 5.92 Å². The van der Waals surface area contributed by atoms with Gasteiger partial charge in [0.05, 0.1) is 0 Å².